The first-order valence-corrected chi connectivity index (χ1v) is 4.81. The van der Waals surface area contributed by atoms with Crippen LogP contribution in [0.15, 0.2) is 18.2 Å². The molecule has 1 aromatic rings. The van der Waals surface area contributed by atoms with E-state index in [2.05, 4.69) is 0 Å². The Morgan fingerprint density at radius 1 is 1.56 bits per heavy atom. The standard InChI is InChI=1S/C10H9ClFNO3/c11-7-1-2-8(12)9(5-7)13(6-14)4-3-10(15)16/h1-2,5-6H,3-4H2,(H,15,16). The number of amides is 1. The average molecular weight is 246 g/mol. The number of carbonyl (C=O) groups excluding carboxylic acids is 1. The molecule has 0 heterocycles. The normalized spacial score (nSPS) is 9.88. The number of carboxylic acid groups (broad SMARTS) is 1. The van der Waals surface area contributed by atoms with Gasteiger partial charge >= 0.3 is 5.97 Å². The minimum atomic E-state index is -1.06. The number of hydrogen-bond donors (Lipinski definition) is 1. The molecule has 0 aromatic heterocycles. The Bertz CT molecular complexity index is 411. The molecule has 4 nitrogen and oxygen atoms in total. The topological polar surface area (TPSA) is 57.6 Å². The Hall–Kier alpha value is -1.62. The van der Waals surface area contributed by atoms with Crippen LogP contribution in [0.2, 0.25) is 5.02 Å². The zero-order chi connectivity index (χ0) is 12.1. The number of aliphatic carboxylic acids is 1. The second-order valence-electron chi connectivity index (χ2n) is 3.04. The first-order chi connectivity index (χ1) is 7.54. The van der Waals surface area contributed by atoms with Gasteiger partial charge < -0.3 is 10.0 Å². The Morgan fingerprint density at radius 2 is 2.25 bits per heavy atom. The highest BCUT2D eigenvalue weighted by Gasteiger charge is 2.12. The van der Waals surface area contributed by atoms with Crippen molar-refractivity contribution in [1.29, 1.82) is 0 Å². The lowest BCUT2D eigenvalue weighted by Crippen LogP contribution is -2.25. The lowest BCUT2D eigenvalue weighted by molar-refractivity contribution is -0.136. The molecule has 6 heteroatoms. The summed E-state index contributed by atoms with van der Waals surface area (Å²) in [6.45, 7) is -0.101. The first kappa shape index (κ1) is 12.4. The van der Waals surface area contributed by atoms with E-state index in [-0.39, 0.29) is 23.7 Å². The molecule has 0 aliphatic carbocycles. The van der Waals surface area contributed by atoms with Crippen molar-refractivity contribution in [1.82, 2.24) is 0 Å². The van der Waals surface area contributed by atoms with Gasteiger partial charge in [0.1, 0.15) is 5.82 Å². The van der Waals surface area contributed by atoms with E-state index in [1.807, 2.05) is 0 Å². The van der Waals surface area contributed by atoms with Gasteiger partial charge in [-0.05, 0) is 18.2 Å². The predicted molar refractivity (Wildman–Crippen MR) is 57.1 cm³/mol. The van der Waals surface area contributed by atoms with Crippen LogP contribution in [0.4, 0.5) is 10.1 Å². The van der Waals surface area contributed by atoms with Crippen molar-refractivity contribution < 1.29 is 19.1 Å². The Labute approximate surface area is 96.2 Å². The molecule has 86 valence electrons. The molecule has 0 aliphatic rings. The maximum absolute atomic E-state index is 13.3. The summed E-state index contributed by atoms with van der Waals surface area (Å²) in [5.41, 5.74) is -0.0243. The molecule has 0 radical (unpaired) electrons. The molecular formula is C10H9ClFNO3. The molecule has 1 N–H and O–H groups in total. The summed E-state index contributed by atoms with van der Waals surface area (Å²) in [5, 5.41) is 8.74. The number of hydrogen-bond acceptors (Lipinski definition) is 2. The molecule has 1 amide bonds. The molecule has 16 heavy (non-hydrogen) atoms. The monoisotopic (exact) mass is 245 g/mol. The Morgan fingerprint density at radius 3 is 2.81 bits per heavy atom. The van der Waals surface area contributed by atoms with E-state index in [9.17, 15) is 14.0 Å². The molecule has 0 saturated heterocycles. The van der Waals surface area contributed by atoms with Gasteiger partial charge in [-0.1, -0.05) is 11.6 Å². The SMILES string of the molecule is O=CN(CCC(=O)O)c1cc(Cl)ccc1F. The average Bonchev–Trinajstić information content (AvgIpc) is 2.23. The number of rotatable bonds is 5. The lowest BCUT2D eigenvalue weighted by atomic mass is 10.2. The van der Waals surface area contributed by atoms with Crippen LogP contribution in [0.5, 0.6) is 0 Å². The van der Waals surface area contributed by atoms with Gasteiger partial charge in [0.25, 0.3) is 0 Å². The zero-order valence-electron chi connectivity index (χ0n) is 8.19. The zero-order valence-corrected chi connectivity index (χ0v) is 8.95. The van der Waals surface area contributed by atoms with E-state index in [4.69, 9.17) is 16.7 Å². The number of carboxylic acids is 1. The maximum atomic E-state index is 13.3. The van der Waals surface area contributed by atoms with Crippen LogP contribution in [0.3, 0.4) is 0 Å². The van der Waals surface area contributed by atoms with Gasteiger partial charge in [0.2, 0.25) is 6.41 Å². The third-order valence-electron chi connectivity index (χ3n) is 1.91. The smallest absolute Gasteiger partial charge is 0.305 e. The quantitative estimate of drug-likeness (QED) is 0.807. The van der Waals surface area contributed by atoms with Gasteiger partial charge in [0, 0.05) is 11.6 Å². The molecule has 0 bridgehead atoms. The Balaban J connectivity index is 2.89. The van der Waals surface area contributed by atoms with E-state index in [1.165, 1.54) is 12.1 Å². The third kappa shape index (κ3) is 3.20. The van der Waals surface area contributed by atoms with Crippen molar-refractivity contribution in [2.24, 2.45) is 0 Å². The molecule has 1 rings (SSSR count). The largest absolute Gasteiger partial charge is 0.481 e. The van der Waals surface area contributed by atoms with Crippen molar-refractivity contribution in [3.8, 4) is 0 Å². The molecule has 1 aromatic carbocycles. The van der Waals surface area contributed by atoms with Crippen molar-refractivity contribution in [2.75, 3.05) is 11.4 Å². The second kappa shape index (κ2) is 5.46. The van der Waals surface area contributed by atoms with Gasteiger partial charge in [0.15, 0.2) is 0 Å². The molecule has 0 saturated carbocycles. The Kier molecular flexibility index (Phi) is 4.25. The summed E-state index contributed by atoms with van der Waals surface area (Å²) in [5.74, 6) is -1.68. The van der Waals surface area contributed by atoms with Gasteiger partial charge in [-0.15, -0.1) is 0 Å². The summed E-state index contributed by atoms with van der Waals surface area (Å²) in [6, 6.07) is 3.74. The van der Waals surface area contributed by atoms with Crippen molar-refractivity contribution in [2.45, 2.75) is 6.42 Å². The van der Waals surface area contributed by atoms with Crippen LogP contribution in [0, 0.1) is 5.82 Å². The molecular weight excluding hydrogens is 237 g/mol. The lowest BCUT2D eigenvalue weighted by Gasteiger charge is -2.17. The highest BCUT2D eigenvalue weighted by Crippen LogP contribution is 2.22. The molecule has 0 aliphatic heterocycles. The minimum Gasteiger partial charge on any atom is -0.481 e. The van der Waals surface area contributed by atoms with Crippen LogP contribution in [0.1, 0.15) is 6.42 Å². The summed E-state index contributed by atoms with van der Waals surface area (Å²) in [7, 11) is 0. The highest BCUT2D eigenvalue weighted by atomic mass is 35.5. The summed E-state index contributed by atoms with van der Waals surface area (Å²) < 4.78 is 13.3. The van der Waals surface area contributed by atoms with Crippen LogP contribution in [0.25, 0.3) is 0 Å². The maximum Gasteiger partial charge on any atom is 0.305 e. The van der Waals surface area contributed by atoms with Crippen molar-refractivity contribution >= 4 is 29.7 Å². The fraction of sp³-hybridized carbons (Fsp3) is 0.200. The highest BCUT2D eigenvalue weighted by molar-refractivity contribution is 6.30. The minimum absolute atomic E-state index is 0.0243. The third-order valence-corrected chi connectivity index (χ3v) is 2.15. The van der Waals surface area contributed by atoms with Crippen LogP contribution < -0.4 is 4.90 Å². The van der Waals surface area contributed by atoms with E-state index in [1.54, 1.807) is 0 Å². The second-order valence-corrected chi connectivity index (χ2v) is 3.47. The van der Waals surface area contributed by atoms with Gasteiger partial charge in [0.05, 0.1) is 12.1 Å². The van der Waals surface area contributed by atoms with Crippen molar-refractivity contribution in [3.63, 3.8) is 0 Å². The van der Waals surface area contributed by atoms with Crippen LogP contribution in [-0.2, 0) is 9.59 Å². The van der Waals surface area contributed by atoms with E-state index >= 15 is 0 Å². The van der Waals surface area contributed by atoms with Gasteiger partial charge in [-0.3, -0.25) is 9.59 Å². The number of benzene rings is 1. The predicted octanol–water partition coefficient (Wildman–Crippen LogP) is 1.92. The van der Waals surface area contributed by atoms with E-state index in [0.29, 0.717) is 6.41 Å². The van der Waals surface area contributed by atoms with Gasteiger partial charge in [-0.2, -0.15) is 0 Å². The molecule has 0 unspecified atom stereocenters. The summed E-state index contributed by atoms with van der Waals surface area (Å²) in [6.07, 6.45) is 0.113. The van der Waals surface area contributed by atoms with Crippen LogP contribution >= 0.6 is 11.6 Å². The summed E-state index contributed by atoms with van der Waals surface area (Å²) >= 11 is 5.65. The van der Waals surface area contributed by atoms with Crippen molar-refractivity contribution in [3.05, 3.63) is 29.0 Å². The fourth-order valence-electron chi connectivity index (χ4n) is 1.15. The first-order valence-electron chi connectivity index (χ1n) is 4.43. The molecule has 0 atom stereocenters. The van der Waals surface area contributed by atoms with Crippen LogP contribution in [-0.4, -0.2) is 24.0 Å². The fourth-order valence-corrected chi connectivity index (χ4v) is 1.32. The van der Waals surface area contributed by atoms with E-state index in [0.717, 1.165) is 11.0 Å². The number of carbonyl (C=O) groups is 2. The molecule has 0 fully saturated rings. The molecule has 0 spiro atoms. The van der Waals surface area contributed by atoms with E-state index < -0.39 is 11.8 Å². The number of halogens is 2. The number of anilines is 1. The number of nitrogens with zero attached hydrogens (tertiary/aromatic N) is 1. The van der Waals surface area contributed by atoms with Gasteiger partial charge in [-0.25, -0.2) is 4.39 Å². The summed E-state index contributed by atoms with van der Waals surface area (Å²) in [4.78, 5) is 22.0.